The molecule has 0 unspecified atom stereocenters. The number of imidazole rings is 1. The Bertz CT molecular complexity index is 1060. The molecule has 0 aliphatic heterocycles. The molecule has 2 fully saturated rings. The summed E-state index contributed by atoms with van der Waals surface area (Å²) in [6.07, 6.45) is 8.91. The number of rotatable bonds is 4. The van der Waals surface area contributed by atoms with Crippen LogP contribution in [0.3, 0.4) is 0 Å². The van der Waals surface area contributed by atoms with E-state index in [4.69, 9.17) is 23.2 Å². The highest BCUT2D eigenvalue weighted by Gasteiger charge is 2.44. The lowest BCUT2D eigenvalue weighted by atomic mass is 9.83. The van der Waals surface area contributed by atoms with E-state index in [-0.39, 0.29) is 11.9 Å². The Balaban J connectivity index is 1.30. The summed E-state index contributed by atoms with van der Waals surface area (Å²) in [7, 11) is 0. The first kappa shape index (κ1) is 18.7. The van der Waals surface area contributed by atoms with Crippen molar-refractivity contribution in [2.75, 3.05) is 5.32 Å². The van der Waals surface area contributed by atoms with Crippen LogP contribution >= 0.6 is 23.2 Å². The van der Waals surface area contributed by atoms with Crippen LogP contribution in [0.1, 0.15) is 49.0 Å². The minimum absolute atomic E-state index is 0.143. The van der Waals surface area contributed by atoms with E-state index in [1.54, 1.807) is 30.5 Å². The van der Waals surface area contributed by atoms with Crippen molar-refractivity contribution >= 4 is 51.8 Å². The maximum absolute atomic E-state index is 12.7. The van der Waals surface area contributed by atoms with Crippen molar-refractivity contribution in [2.24, 2.45) is 5.41 Å². The minimum Gasteiger partial charge on any atom is -0.348 e. The van der Waals surface area contributed by atoms with Gasteiger partial charge in [0.15, 0.2) is 0 Å². The van der Waals surface area contributed by atoms with Gasteiger partial charge in [0, 0.05) is 6.04 Å². The second-order valence-electron chi connectivity index (χ2n) is 8.14. The Kier molecular flexibility index (Phi) is 4.63. The molecule has 1 amide bonds. The van der Waals surface area contributed by atoms with Gasteiger partial charge in [-0.15, -0.1) is 0 Å². The van der Waals surface area contributed by atoms with Gasteiger partial charge in [0.25, 0.3) is 5.91 Å². The number of anilines is 2. The predicted octanol–water partition coefficient (Wildman–Crippen LogP) is 5.46. The molecule has 0 saturated heterocycles. The lowest BCUT2D eigenvalue weighted by Crippen LogP contribution is -2.38. The van der Waals surface area contributed by atoms with Gasteiger partial charge in [0.05, 0.1) is 33.0 Å². The van der Waals surface area contributed by atoms with Crippen LogP contribution in [-0.4, -0.2) is 26.9 Å². The van der Waals surface area contributed by atoms with E-state index < -0.39 is 0 Å². The fraction of sp³-hybridized carbons (Fsp3) is 0.381. The molecule has 3 N–H and O–H groups in total. The number of hydrogen-bond acceptors (Lipinski definition) is 4. The number of aromatic nitrogens is 3. The Hall–Kier alpha value is -2.31. The average Bonchev–Trinajstić information content (AvgIpc) is 3.34. The highest BCUT2D eigenvalue weighted by atomic mass is 35.5. The molecule has 3 aromatic rings. The van der Waals surface area contributed by atoms with Crippen molar-refractivity contribution in [3.05, 3.63) is 46.2 Å². The van der Waals surface area contributed by atoms with E-state index >= 15 is 0 Å². The summed E-state index contributed by atoms with van der Waals surface area (Å²) >= 11 is 12.4. The summed E-state index contributed by atoms with van der Waals surface area (Å²) in [4.78, 5) is 24.6. The molecule has 2 aliphatic rings. The van der Waals surface area contributed by atoms with Gasteiger partial charge in [-0.3, -0.25) is 4.79 Å². The molecule has 1 aromatic carbocycles. The lowest BCUT2D eigenvalue weighted by molar-refractivity contribution is 0.0914. The Morgan fingerprint density at radius 1 is 1.14 bits per heavy atom. The molecule has 2 aromatic heterocycles. The number of aromatic amines is 1. The summed E-state index contributed by atoms with van der Waals surface area (Å²) in [5.74, 6) is 0.340. The first-order chi connectivity index (χ1) is 14.0. The molecular formula is C21H21Cl2N5O. The number of pyridine rings is 1. The van der Waals surface area contributed by atoms with E-state index in [2.05, 4.69) is 25.6 Å². The quantitative estimate of drug-likeness (QED) is 0.513. The van der Waals surface area contributed by atoms with Crippen molar-refractivity contribution in [3.8, 4) is 0 Å². The smallest absolute Gasteiger partial charge is 0.270 e. The number of benzene rings is 1. The van der Waals surface area contributed by atoms with Gasteiger partial charge < -0.3 is 15.6 Å². The molecule has 1 spiro atoms. The van der Waals surface area contributed by atoms with E-state index in [9.17, 15) is 4.79 Å². The molecular weight excluding hydrogens is 409 g/mol. The number of H-pyrrole nitrogens is 1. The van der Waals surface area contributed by atoms with Gasteiger partial charge in [-0.1, -0.05) is 29.3 Å². The van der Waals surface area contributed by atoms with Crippen LogP contribution in [0, 0.1) is 5.41 Å². The monoisotopic (exact) mass is 429 g/mol. The van der Waals surface area contributed by atoms with Crippen molar-refractivity contribution in [1.29, 1.82) is 0 Å². The second-order valence-corrected chi connectivity index (χ2v) is 8.96. The number of hydrogen-bond donors (Lipinski definition) is 3. The van der Waals surface area contributed by atoms with E-state index in [0.29, 0.717) is 38.3 Å². The predicted molar refractivity (Wildman–Crippen MR) is 115 cm³/mol. The molecule has 5 rings (SSSR count). The van der Waals surface area contributed by atoms with Crippen LogP contribution in [0.4, 0.5) is 11.6 Å². The number of para-hydroxylation sites is 1. The number of amides is 1. The molecule has 6 nitrogen and oxygen atoms in total. The lowest BCUT2D eigenvalue weighted by Gasteiger charge is -2.28. The van der Waals surface area contributed by atoms with Crippen LogP contribution in [-0.2, 0) is 0 Å². The number of fused-ring (bicyclic) bond motifs is 1. The molecule has 29 heavy (non-hydrogen) atoms. The highest BCUT2D eigenvalue weighted by molar-refractivity contribution is 6.39. The zero-order chi connectivity index (χ0) is 20.0. The third-order valence-corrected chi connectivity index (χ3v) is 6.77. The summed E-state index contributed by atoms with van der Waals surface area (Å²) in [6.45, 7) is 0. The van der Waals surface area contributed by atoms with E-state index in [1.807, 2.05) is 0 Å². The number of nitrogens with zero attached hydrogens (tertiary/aromatic N) is 2. The zero-order valence-corrected chi connectivity index (χ0v) is 17.3. The summed E-state index contributed by atoms with van der Waals surface area (Å²) in [6, 6.07) is 7.22. The van der Waals surface area contributed by atoms with Crippen LogP contribution in [0.15, 0.2) is 30.5 Å². The van der Waals surface area contributed by atoms with Gasteiger partial charge in [-0.05, 0) is 62.1 Å². The molecule has 150 valence electrons. The Morgan fingerprint density at radius 2 is 1.86 bits per heavy atom. The molecule has 8 heteroatoms. The second kappa shape index (κ2) is 7.18. The summed E-state index contributed by atoms with van der Waals surface area (Å²) in [5.41, 5.74) is 2.93. The van der Waals surface area contributed by atoms with Crippen molar-refractivity contribution in [3.63, 3.8) is 0 Å². The normalized spacial score (nSPS) is 18.1. The van der Waals surface area contributed by atoms with Gasteiger partial charge in [-0.25, -0.2) is 9.97 Å². The molecule has 0 radical (unpaired) electrons. The van der Waals surface area contributed by atoms with Crippen LogP contribution in [0.2, 0.25) is 10.0 Å². The van der Waals surface area contributed by atoms with Crippen molar-refractivity contribution in [2.45, 2.75) is 44.6 Å². The number of halogens is 2. The SMILES string of the molecule is O=C(NC1CCC2(CC1)CC2)c1cc2nc(Nc3c(Cl)cccc3Cl)[nH]c2cn1. The third-order valence-electron chi connectivity index (χ3n) is 6.14. The summed E-state index contributed by atoms with van der Waals surface area (Å²) < 4.78 is 0. The number of carbonyl (C=O) groups excluding carboxylic acids is 1. The van der Waals surface area contributed by atoms with Gasteiger partial charge in [0.2, 0.25) is 5.95 Å². The maximum atomic E-state index is 12.7. The van der Waals surface area contributed by atoms with Crippen molar-refractivity contribution < 1.29 is 4.79 Å². The fourth-order valence-electron chi connectivity index (χ4n) is 4.14. The third kappa shape index (κ3) is 3.79. The van der Waals surface area contributed by atoms with Gasteiger partial charge in [-0.2, -0.15) is 0 Å². The van der Waals surface area contributed by atoms with Gasteiger partial charge >= 0.3 is 0 Å². The largest absolute Gasteiger partial charge is 0.348 e. The standard InChI is InChI=1S/C21H21Cl2N5O/c22-13-2-1-3-14(23)18(13)28-20-26-15-10-16(24-11-17(15)27-20)19(29)25-12-4-6-21(7-5-12)8-9-21/h1-3,10-12H,4-9H2,(H,25,29)(H2,26,27,28). The first-order valence-electron chi connectivity index (χ1n) is 9.89. The number of nitrogens with one attached hydrogen (secondary N) is 3. The molecule has 2 saturated carbocycles. The van der Waals surface area contributed by atoms with Crippen LogP contribution in [0.5, 0.6) is 0 Å². The van der Waals surface area contributed by atoms with Crippen molar-refractivity contribution in [1.82, 2.24) is 20.3 Å². The molecule has 0 atom stereocenters. The van der Waals surface area contributed by atoms with Crippen LogP contribution < -0.4 is 10.6 Å². The average molecular weight is 430 g/mol. The summed E-state index contributed by atoms with van der Waals surface area (Å²) in [5, 5.41) is 7.23. The molecule has 2 heterocycles. The molecule has 0 bridgehead atoms. The van der Waals surface area contributed by atoms with Gasteiger partial charge in [0.1, 0.15) is 5.69 Å². The Labute approximate surface area is 178 Å². The Morgan fingerprint density at radius 3 is 2.55 bits per heavy atom. The number of carbonyl (C=O) groups is 1. The topological polar surface area (TPSA) is 82.7 Å². The van der Waals surface area contributed by atoms with E-state index in [0.717, 1.165) is 18.4 Å². The zero-order valence-electron chi connectivity index (χ0n) is 15.8. The highest BCUT2D eigenvalue weighted by Crippen LogP contribution is 2.56. The molecule has 2 aliphatic carbocycles. The van der Waals surface area contributed by atoms with E-state index in [1.165, 1.54) is 25.7 Å². The first-order valence-corrected chi connectivity index (χ1v) is 10.6. The van der Waals surface area contributed by atoms with Crippen LogP contribution in [0.25, 0.3) is 11.0 Å². The fourth-order valence-corrected chi connectivity index (χ4v) is 4.63. The minimum atomic E-state index is -0.143. The maximum Gasteiger partial charge on any atom is 0.270 e.